The summed E-state index contributed by atoms with van der Waals surface area (Å²) >= 11 is 0. The quantitative estimate of drug-likeness (QED) is 0.746. The van der Waals surface area contributed by atoms with Gasteiger partial charge in [0, 0.05) is 18.3 Å². The fourth-order valence-electron chi connectivity index (χ4n) is 1.45. The van der Waals surface area contributed by atoms with Gasteiger partial charge in [-0.05, 0) is 33.7 Å². The molecule has 3 heteroatoms. The molecule has 0 aromatic carbocycles. The van der Waals surface area contributed by atoms with Gasteiger partial charge in [0.1, 0.15) is 0 Å². The Morgan fingerprint density at radius 3 is 2.71 bits per heavy atom. The Bertz CT molecular complexity index is 270. The number of nitrogens with one attached hydrogen (secondary N) is 1. The van der Waals surface area contributed by atoms with Crippen molar-refractivity contribution >= 4 is 0 Å². The van der Waals surface area contributed by atoms with Gasteiger partial charge in [0.25, 0.3) is 0 Å². The molecular formula is C11H21N3. The van der Waals surface area contributed by atoms with Crippen molar-refractivity contribution in [3.05, 3.63) is 18.2 Å². The molecule has 3 nitrogen and oxygen atoms in total. The van der Waals surface area contributed by atoms with Gasteiger partial charge >= 0.3 is 0 Å². The molecule has 14 heavy (non-hydrogen) atoms. The van der Waals surface area contributed by atoms with Gasteiger partial charge < -0.3 is 9.88 Å². The molecular weight excluding hydrogens is 174 g/mol. The monoisotopic (exact) mass is 195 g/mol. The van der Waals surface area contributed by atoms with Gasteiger partial charge in [-0.3, -0.25) is 0 Å². The molecule has 0 radical (unpaired) electrons. The third-order valence-electron chi connectivity index (χ3n) is 2.17. The summed E-state index contributed by atoms with van der Waals surface area (Å²) in [7, 11) is 0. The number of imidazole rings is 1. The van der Waals surface area contributed by atoms with E-state index in [-0.39, 0.29) is 5.54 Å². The molecule has 0 aliphatic carbocycles. The lowest BCUT2D eigenvalue weighted by atomic mass is 10.1. The van der Waals surface area contributed by atoms with Crippen molar-refractivity contribution in [2.24, 2.45) is 0 Å². The van der Waals surface area contributed by atoms with Gasteiger partial charge in [-0.1, -0.05) is 6.92 Å². The minimum atomic E-state index is 0.125. The highest BCUT2D eigenvalue weighted by atomic mass is 15.1. The minimum Gasteiger partial charge on any atom is -0.328 e. The number of hydrogen-bond acceptors (Lipinski definition) is 2. The molecule has 0 saturated heterocycles. The van der Waals surface area contributed by atoms with Gasteiger partial charge in [-0.15, -0.1) is 0 Å². The van der Waals surface area contributed by atoms with E-state index in [9.17, 15) is 0 Å². The highest BCUT2D eigenvalue weighted by Gasteiger charge is 2.15. The zero-order valence-electron chi connectivity index (χ0n) is 9.67. The summed E-state index contributed by atoms with van der Waals surface area (Å²) in [4.78, 5) is 4.19. The van der Waals surface area contributed by atoms with E-state index >= 15 is 0 Å². The number of aromatic nitrogens is 2. The topological polar surface area (TPSA) is 29.9 Å². The maximum atomic E-state index is 4.19. The molecule has 0 aliphatic rings. The van der Waals surface area contributed by atoms with Crippen LogP contribution in [0.2, 0.25) is 0 Å². The SMILES string of the molecule is CCCNCc1cncn1C(C)(C)C. The van der Waals surface area contributed by atoms with E-state index in [0.717, 1.165) is 13.1 Å². The van der Waals surface area contributed by atoms with Gasteiger partial charge in [0.05, 0.1) is 12.0 Å². The van der Waals surface area contributed by atoms with E-state index in [2.05, 4.69) is 42.6 Å². The van der Waals surface area contributed by atoms with Crippen molar-refractivity contribution < 1.29 is 0 Å². The Kier molecular flexibility index (Phi) is 3.69. The van der Waals surface area contributed by atoms with Crippen LogP contribution in [0.1, 0.15) is 39.8 Å². The van der Waals surface area contributed by atoms with Crippen molar-refractivity contribution in [2.45, 2.75) is 46.2 Å². The Morgan fingerprint density at radius 2 is 2.14 bits per heavy atom. The van der Waals surface area contributed by atoms with Crippen molar-refractivity contribution in [3.63, 3.8) is 0 Å². The minimum absolute atomic E-state index is 0.125. The predicted molar refractivity (Wildman–Crippen MR) is 59.2 cm³/mol. The largest absolute Gasteiger partial charge is 0.328 e. The Labute approximate surface area is 86.5 Å². The molecule has 0 fully saturated rings. The summed E-state index contributed by atoms with van der Waals surface area (Å²) in [5.41, 5.74) is 1.38. The first kappa shape index (κ1) is 11.2. The molecule has 1 aromatic heterocycles. The van der Waals surface area contributed by atoms with Crippen LogP contribution < -0.4 is 5.32 Å². The van der Waals surface area contributed by atoms with E-state index in [4.69, 9.17) is 0 Å². The van der Waals surface area contributed by atoms with Gasteiger partial charge in [0.2, 0.25) is 0 Å². The first-order chi connectivity index (χ1) is 6.55. The van der Waals surface area contributed by atoms with Crippen LogP contribution in [0.25, 0.3) is 0 Å². The molecule has 0 bridgehead atoms. The van der Waals surface area contributed by atoms with Crippen molar-refractivity contribution in [2.75, 3.05) is 6.54 Å². The standard InChI is InChI=1S/C11H21N3/c1-5-6-12-7-10-8-13-9-14(10)11(2,3)4/h8-9,12H,5-7H2,1-4H3. The molecule has 0 atom stereocenters. The van der Waals surface area contributed by atoms with Gasteiger partial charge in [-0.25, -0.2) is 4.98 Å². The normalized spacial score (nSPS) is 12.0. The third kappa shape index (κ3) is 2.84. The summed E-state index contributed by atoms with van der Waals surface area (Å²) in [5, 5.41) is 3.39. The molecule has 0 spiro atoms. The average Bonchev–Trinajstić information content (AvgIpc) is 2.52. The Morgan fingerprint density at radius 1 is 1.43 bits per heavy atom. The van der Waals surface area contributed by atoms with Crippen LogP contribution in [-0.4, -0.2) is 16.1 Å². The predicted octanol–water partition coefficient (Wildman–Crippen LogP) is 2.14. The summed E-state index contributed by atoms with van der Waals surface area (Å²) in [5.74, 6) is 0. The molecule has 1 heterocycles. The first-order valence-corrected chi connectivity index (χ1v) is 5.28. The molecule has 0 saturated carbocycles. The van der Waals surface area contributed by atoms with E-state index in [1.807, 2.05) is 12.5 Å². The van der Waals surface area contributed by atoms with Crippen LogP contribution in [0, 0.1) is 0 Å². The van der Waals surface area contributed by atoms with Crippen LogP contribution in [0.5, 0.6) is 0 Å². The van der Waals surface area contributed by atoms with Crippen LogP contribution in [0.4, 0.5) is 0 Å². The highest BCUT2D eigenvalue weighted by molar-refractivity contribution is 5.01. The molecule has 80 valence electrons. The lowest BCUT2D eigenvalue weighted by Gasteiger charge is -2.23. The average molecular weight is 195 g/mol. The number of hydrogen-bond donors (Lipinski definition) is 1. The first-order valence-electron chi connectivity index (χ1n) is 5.28. The fourth-order valence-corrected chi connectivity index (χ4v) is 1.45. The van der Waals surface area contributed by atoms with Crippen LogP contribution in [0.3, 0.4) is 0 Å². The summed E-state index contributed by atoms with van der Waals surface area (Å²) < 4.78 is 2.22. The maximum absolute atomic E-state index is 4.19. The van der Waals surface area contributed by atoms with Gasteiger partial charge in [-0.2, -0.15) is 0 Å². The smallest absolute Gasteiger partial charge is 0.0953 e. The zero-order valence-corrected chi connectivity index (χ0v) is 9.67. The zero-order chi connectivity index (χ0) is 10.6. The number of rotatable bonds is 4. The molecule has 0 unspecified atom stereocenters. The highest BCUT2D eigenvalue weighted by Crippen LogP contribution is 2.15. The van der Waals surface area contributed by atoms with Crippen molar-refractivity contribution in [1.29, 1.82) is 0 Å². The third-order valence-corrected chi connectivity index (χ3v) is 2.17. The van der Waals surface area contributed by atoms with Crippen molar-refractivity contribution in [1.82, 2.24) is 14.9 Å². The second-order valence-corrected chi connectivity index (χ2v) is 4.60. The van der Waals surface area contributed by atoms with E-state index in [1.54, 1.807) is 0 Å². The lowest BCUT2D eigenvalue weighted by Crippen LogP contribution is -2.26. The Hall–Kier alpha value is -0.830. The summed E-state index contributed by atoms with van der Waals surface area (Å²) in [6.45, 7) is 10.7. The van der Waals surface area contributed by atoms with Gasteiger partial charge in [0.15, 0.2) is 0 Å². The lowest BCUT2D eigenvalue weighted by molar-refractivity contribution is 0.380. The van der Waals surface area contributed by atoms with E-state index < -0.39 is 0 Å². The summed E-state index contributed by atoms with van der Waals surface area (Å²) in [6, 6.07) is 0. The van der Waals surface area contributed by atoms with E-state index in [0.29, 0.717) is 0 Å². The molecule has 0 amide bonds. The number of nitrogens with zero attached hydrogens (tertiary/aromatic N) is 2. The van der Waals surface area contributed by atoms with Crippen LogP contribution >= 0.6 is 0 Å². The molecule has 1 aromatic rings. The molecule has 0 aliphatic heterocycles. The van der Waals surface area contributed by atoms with E-state index in [1.165, 1.54) is 12.1 Å². The van der Waals surface area contributed by atoms with Crippen LogP contribution in [-0.2, 0) is 12.1 Å². The second-order valence-electron chi connectivity index (χ2n) is 4.60. The fraction of sp³-hybridized carbons (Fsp3) is 0.727. The van der Waals surface area contributed by atoms with Crippen LogP contribution in [0.15, 0.2) is 12.5 Å². The molecule has 1 N–H and O–H groups in total. The second kappa shape index (κ2) is 4.60. The Balaban J connectivity index is 2.63. The molecule has 1 rings (SSSR count). The maximum Gasteiger partial charge on any atom is 0.0953 e. The summed E-state index contributed by atoms with van der Waals surface area (Å²) in [6.07, 6.45) is 5.01. The van der Waals surface area contributed by atoms with Crippen molar-refractivity contribution in [3.8, 4) is 0 Å².